The Morgan fingerprint density at radius 2 is 1.88 bits per heavy atom. The van der Waals surface area contributed by atoms with Crippen molar-refractivity contribution in [3.8, 4) is 0 Å². The number of sulfonamides is 1. The molecule has 0 radical (unpaired) electrons. The predicted molar refractivity (Wildman–Crippen MR) is 123 cm³/mol. The highest BCUT2D eigenvalue weighted by Gasteiger charge is 2.23. The highest BCUT2D eigenvalue weighted by molar-refractivity contribution is 7.92. The molecular weight excluding hydrogens is 474 g/mol. The zero-order valence-electron chi connectivity index (χ0n) is 17.5. The maximum absolute atomic E-state index is 15.3. The number of aromatic nitrogens is 1. The van der Waals surface area contributed by atoms with Crippen LogP contribution in [0.3, 0.4) is 0 Å². The molecule has 0 saturated carbocycles. The van der Waals surface area contributed by atoms with Gasteiger partial charge in [-0.05, 0) is 48.0 Å². The number of aliphatic imine (C=N–C) groups is 1. The van der Waals surface area contributed by atoms with Crippen LogP contribution in [0.5, 0.6) is 0 Å². The van der Waals surface area contributed by atoms with Gasteiger partial charge in [-0.15, -0.1) is 0 Å². The van der Waals surface area contributed by atoms with E-state index in [0.717, 1.165) is 12.1 Å². The van der Waals surface area contributed by atoms with Gasteiger partial charge in [-0.1, -0.05) is 6.07 Å². The number of hydrogen-bond acceptors (Lipinski definition) is 6. The van der Waals surface area contributed by atoms with Crippen LogP contribution in [0.15, 0.2) is 64.6 Å². The molecule has 0 bridgehead atoms. The summed E-state index contributed by atoms with van der Waals surface area (Å²) in [5, 5.41) is 0. The highest BCUT2D eigenvalue weighted by Crippen LogP contribution is 2.29. The SMILES string of the molecule is NC(=C(C=NCCF)c1ccnc(N)c1)c1cccc(NS(=O)(=O)c2cc(F)ccc2F)c1F. The van der Waals surface area contributed by atoms with Crippen LogP contribution in [0.1, 0.15) is 11.1 Å². The Bertz CT molecular complexity index is 1380. The second-order valence-electron chi connectivity index (χ2n) is 6.87. The molecule has 1 aromatic heterocycles. The summed E-state index contributed by atoms with van der Waals surface area (Å²) in [6.45, 7) is -0.900. The van der Waals surface area contributed by atoms with E-state index >= 15 is 4.39 Å². The van der Waals surface area contributed by atoms with Crippen molar-refractivity contribution in [1.82, 2.24) is 4.98 Å². The molecule has 1 heterocycles. The molecule has 178 valence electrons. The lowest BCUT2D eigenvalue weighted by atomic mass is 10.0. The van der Waals surface area contributed by atoms with Gasteiger partial charge in [-0.2, -0.15) is 0 Å². The van der Waals surface area contributed by atoms with Crippen molar-refractivity contribution in [1.29, 1.82) is 0 Å². The minimum atomic E-state index is -4.68. The van der Waals surface area contributed by atoms with Gasteiger partial charge in [0.2, 0.25) is 0 Å². The van der Waals surface area contributed by atoms with Crippen molar-refractivity contribution < 1.29 is 26.0 Å². The molecule has 12 heteroatoms. The van der Waals surface area contributed by atoms with Crippen LogP contribution in [0.2, 0.25) is 0 Å². The number of nitrogens with two attached hydrogens (primary N) is 2. The van der Waals surface area contributed by atoms with Crippen molar-refractivity contribution in [2.24, 2.45) is 10.7 Å². The van der Waals surface area contributed by atoms with Gasteiger partial charge in [0.1, 0.15) is 29.0 Å². The van der Waals surface area contributed by atoms with Gasteiger partial charge in [0.25, 0.3) is 10.0 Å². The molecule has 0 amide bonds. The normalized spacial score (nSPS) is 12.6. The smallest absolute Gasteiger partial charge is 0.265 e. The largest absolute Gasteiger partial charge is 0.398 e. The molecule has 0 spiro atoms. The first-order valence-electron chi connectivity index (χ1n) is 9.68. The Hall–Kier alpha value is -3.93. The summed E-state index contributed by atoms with van der Waals surface area (Å²) in [5.74, 6) is -3.15. The zero-order valence-corrected chi connectivity index (χ0v) is 18.3. The van der Waals surface area contributed by atoms with E-state index in [1.54, 1.807) is 0 Å². The molecule has 2 aromatic carbocycles. The summed E-state index contributed by atoms with van der Waals surface area (Å²) in [5.41, 5.74) is 11.5. The van der Waals surface area contributed by atoms with Crippen molar-refractivity contribution >= 4 is 39.0 Å². The number of halogens is 4. The van der Waals surface area contributed by atoms with Crippen LogP contribution in [0.4, 0.5) is 29.1 Å². The van der Waals surface area contributed by atoms with E-state index in [1.807, 2.05) is 4.72 Å². The van der Waals surface area contributed by atoms with Gasteiger partial charge in [-0.3, -0.25) is 9.71 Å². The number of anilines is 2. The fourth-order valence-electron chi connectivity index (χ4n) is 2.97. The average Bonchev–Trinajstić information content (AvgIpc) is 2.79. The van der Waals surface area contributed by atoms with Crippen LogP contribution in [0.25, 0.3) is 11.3 Å². The Labute approximate surface area is 192 Å². The van der Waals surface area contributed by atoms with Crippen LogP contribution >= 0.6 is 0 Å². The lowest BCUT2D eigenvalue weighted by molar-refractivity contribution is 0.505. The van der Waals surface area contributed by atoms with Crippen LogP contribution in [-0.2, 0) is 10.0 Å². The maximum atomic E-state index is 15.3. The van der Waals surface area contributed by atoms with Crippen LogP contribution in [-0.4, -0.2) is 32.8 Å². The zero-order chi connectivity index (χ0) is 24.9. The topological polar surface area (TPSA) is 123 Å². The molecule has 5 N–H and O–H groups in total. The summed E-state index contributed by atoms with van der Waals surface area (Å²) < 4.78 is 82.4. The molecule has 0 atom stereocenters. The Morgan fingerprint density at radius 1 is 1.12 bits per heavy atom. The summed E-state index contributed by atoms with van der Waals surface area (Å²) in [6, 6.07) is 8.50. The Balaban J connectivity index is 2.10. The summed E-state index contributed by atoms with van der Waals surface area (Å²) in [6.07, 6.45) is 2.62. The van der Waals surface area contributed by atoms with E-state index in [4.69, 9.17) is 11.5 Å². The van der Waals surface area contributed by atoms with E-state index in [-0.39, 0.29) is 29.2 Å². The fourth-order valence-corrected chi connectivity index (χ4v) is 4.12. The minimum absolute atomic E-state index is 0.140. The van der Waals surface area contributed by atoms with E-state index < -0.39 is 44.7 Å². The highest BCUT2D eigenvalue weighted by atomic mass is 32.2. The number of alkyl halides is 1. The summed E-state index contributed by atoms with van der Waals surface area (Å²) >= 11 is 0. The van der Waals surface area contributed by atoms with Gasteiger partial charge in [0.05, 0.1) is 17.9 Å². The third-order valence-corrected chi connectivity index (χ3v) is 5.91. The Morgan fingerprint density at radius 3 is 2.59 bits per heavy atom. The molecule has 0 aliphatic carbocycles. The molecule has 34 heavy (non-hydrogen) atoms. The molecule has 0 aliphatic heterocycles. The first-order valence-corrected chi connectivity index (χ1v) is 11.2. The third kappa shape index (κ3) is 5.52. The molecule has 0 saturated heterocycles. The van der Waals surface area contributed by atoms with Gasteiger partial charge in [0, 0.05) is 23.5 Å². The summed E-state index contributed by atoms with van der Waals surface area (Å²) in [7, 11) is -4.68. The first kappa shape index (κ1) is 24.7. The number of benzene rings is 2. The number of rotatable bonds is 8. The van der Waals surface area contributed by atoms with Crippen LogP contribution < -0.4 is 16.2 Å². The molecule has 3 aromatic rings. The van der Waals surface area contributed by atoms with E-state index in [0.29, 0.717) is 17.7 Å². The van der Waals surface area contributed by atoms with Crippen molar-refractivity contribution in [2.75, 3.05) is 23.7 Å². The number of nitrogens with zero attached hydrogens (tertiary/aromatic N) is 2. The number of pyridine rings is 1. The predicted octanol–water partition coefficient (Wildman–Crippen LogP) is 3.75. The third-order valence-electron chi connectivity index (χ3n) is 4.53. The second kappa shape index (κ2) is 10.3. The lowest BCUT2D eigenvalue weighted by Crippen LogP contribution is -2.17. The molecular formula is C22H19F4N5O2S. The quantitative estimate of drug-likeness (QED) is 0.326. The average molecular weight is 493 g/mol. The molecule has 0 aliphatic rings. The summed E-state index contributed by atoms with van der Waals surface area (Å²) in [4.78, 5) is 6.77. The number of allylic oxidation sites excluding steroid dienone is 1. The van der Waals surface area contributed by atoms with Crippen LogP contribution in [0, 0.1) is 17.5 Å². The lowest BCUT2D eigenvalue weighted by Gasteiger charge is -2.14. The Kier molecular flexibility index (Phi) is 7.51. The van der Waals surface area contributed by atoms with E-state index in [1.165, 1.54) is 36.7 Å². The fraction of sp³-hybridized carbons (Fsp3) is 0.0909. The second-order valence-corrected chi connectivity index (χ2v) is 8.52. The number of nitrogens with one attached hydrogen (secondary N) is 1. The van der Waals surface area contributed by atoms with Gasteiger partial charge in [0.15, 0.2) is 5.82 Å². The maximum Gasteiger partial charge on any atom is 0.265 e. The number of hydrogen-bond donors (Lipinski definition) is 3. The molecule has 0 unspecified atom stereocenters. The van der Waals surface area contributed by atoms with Gasteiger partial charge < -0.3 is 11.5 Å². The molecule has 3 rings (SSSR count). The first-order chi connectivity index (χ1) is 16.1. The standard InChI is InChI=1S/C22H19F4N5O2S/c23-7-9-29-12-16(13-6-8-30-20(27)10-13)22(28)15-2-1-3-18(21(15)26)31-34(32,33)19-11-14(24)4-5-17(19)25/h1-6,8,10-12,31H,7,9,28H2,(H2,27,30). The van der Waals surface area contributed by atoms with E-state index in [2.05, 4.69) is 9.98 Å². The molecule has 7 nitrogen and oxygen atoms in total. The van der Waals surface area contributed by atoms with Gasteiger partial charge in [-0.25, -0.2) is 31.0 Å². The van der Waals surface area contributed by atoms with Crippen molar-refractivity contribution in [3.63, 3.8) is 0 Å². The van der Waals surface area contributed by atoms with Gasteiger partial charge >= 0.3 is 0 Å². The van der Waals surface area contributed by atoms with Crippen molar-refractivity contribution in [2.45, 2.75) is 4.90 Å². The monoisotopic (exact) mass is 493 g/mol. The van der Waals surface area contributed by atoms with Crippen molar-refractivity contribution in [3.05, 3.63) is 83.3 Å². The minimum Gasteiger partial charge on any atom is -0.398 e. The van der Waals surface area contributed by atoms with E-state index in [9.17, 15) is 21.6 Å². The number of nitrogen functional groups attached to an aromatic ring is 1. The molecule has 0 fully saturated rings.